The van der Waals surface area contributed by atoms with E-state index in [9.17, 15) is 0 Å². The number of nitrogens with one attached hydrogen (secondary N) is 1. The van der Waals surface area contributed by atoms with Crippen LogP contribution in [0.3, 0.4) is 0 Å². The quantitative estimate of drug-likeness (QED) is 0.871. The summed E-state index contributed by atoms with van der Waals surface area (Å²) in [5.74, 6) is 1.41. The van der Waals surface area contributed by atoms with Crippen LogP contribution in [0.25, 0.3) is 0 Å². The molecule has 0 amide bonds. The normalized spacial score (nSPS) is 20.8. The zero-order valence-electron chi connectivity index (χ0n) is 13.0. The van der Waals surface area contributed by atoms with Crippen LogP contribution in [-0.2, 0) is 0 Å². The summed E-state index contributed by atoms with van der Waals surface area (Å²) in [7, 11) is 0. The first kappa shape index (κ1) is 14.0. The highest BCUT2D eigenvalue weighted by molar-refractivity contribution is 5.58. The second-order valence-electron chi connectivity index (χ2n) is 6.16. The standard InChI is InChI=1S/C19H23NO/c1-13(2)21-16-10-8-15(9-11-16)18-12-14(3)20-19-7-5-4-6-17(18)19/h4-11,13-14,18,20H,12H2,1-3H3. The van der Waals surface area contributed by atoms with Crippen LogP contribution in [0, 0.1) is 0 Å². The van der Waals surface area contributed by atoms with E-state index < -0.39 is 0 Å². The molecule has 0 radical (unpaired) electrons. The maximum atomic E-state index is 5.73. The molecular formula is C19H23NO. The number of para-hydroxylation sites is 1. The minimum Gasteiger partial charge on any atom is -0.491 e. The van der Waals surface area contributed by atoms with Crippen LogP contribution in [-0.4, -0.2) is 12.1 Å². The van der Waals surface area contributed by atoms with Crippen molar-refractivity contribution >= 4 is 5.69 Å². The predicted molar refractivity (Wildman–Crippen MR) is 88.2 cm³/mol. The van der Waals surface area contributed by atoms with Crippen LogP contribution < -0.4 is 10.1 Å². The second-order valence-corrected chi connectivity index (χ2v) is 6.16. The third-order valence-electron chi connectivity index (χ3n) is 3.98. The fraction of sp³-hybridized carbons (Fsp3) is 0.368. The molecule has 0 saturated carbocycles. The lowest BCUT2D eigenvalue weighted by atomic mass is 9.82. The van der Waals surface area contributed by atoms with E-state index >= 15 is 0 Å². The number of ether oxygens (including phenoxy) is 1. The number of hydrogen-bond acceptors (Lipinski definition) is 2. The molecule has 1 aliphatic heterocycles. The maximum Gasteiger partial charge on any atom is 0.119 e. The first-order chi connectivity index (χ1) is 10.1. The lowest BCUT2D eigenvalue weighted by molar-refractivity contribution is 0.242. The molecule has 2 atom stereocenters. The van der Waals surface area contributed by atoms with Crippen molar-refractivity contribution in [3.63, 3.8) is 0 Å². The molecular weight excluding hydrogens is 258 g/mol. The molecule has 0 saturated heterocycles. The largest absolute Gasteiger partial charge is 0.491 e. The summed E-state index contributed by atoms with van der Waals surface area (Å²) >= 11 is 0. The molecule has 21 heavy (non-hydrogen) atoms. The Morgan fingerprint density at radius 1 is 1.05 bits per heavy atom. The zero-order valence-corrected chi connectivity index (χ0v) is 13.0. The molecule has 110 valence electrons. The Balaban J connectivity index is 1.90. The number of fused-ring (bicyclic) bond motifs is 1. The van der Waals surface area contributed by atoms with Crippen molar-refractivity contribution in [1.29, 1.82) is 0 Å². The first-order valence-electron chi connectivity index (χ1n) is 7.75. The summed E-state index contributed by atoms with van der Waals surface area (Å²) in [6.07, 6.45) is 1.34. The van der Waals surface area contributed by atoms with Crippen molar-refractivity contribution in [3.05, 3.63) is 59.7 Å². The van der Waals surface area contributed by atoms with Crippen molar-refractivity contribution in [2.45, 2.75) is 45.3 Å². The summed E-state index contributed by atoms with van der Waals surface area (Å²) in [4.78, 5) is 0. The molecule has 3 rings (SSSR count). The maximum absolute atomic E-state index is 5.73. The molecule has 0 aliphatic carbocycles. The van der Waals surface area contributed by atoms with Crippen LogP contribution in [0.2, 0.25) is 0 Å². The van der Waals surface area contributed by atoms with Crippen molar-refractivity contribution in [1.82, 2.24) is 0 Å². The van der Waals surface area contributed by atoms with Crippen molar-refractivity contribution in [2.24, 2.45) is 0 Å². The van der Waals surface area contributed by atoms with Gasteiger partial charge in [-0.3, -0.25) is 0 Å². The van der Waals surface area contributed by atoms with Crippen LogP contribution >= 0.6 is 0 Å². The Bertz CT molecular complexity index is 603. The fourth-order valence-electron chi connectivity index (χ4n) is 3.10. The summed E-state index contributed by atoms with van der Waals surface area (Å²) < 4.78 is 5.73. The molecule has 2 heteroatoms. The van der Waals surface area contributed by atoms with E-state index in [0.717, 1.165) is 12.2 Å². The van der Waals surface area contributed by atoms with Crippen molar-refractivity contribution in [3.8, 4) is 5.75 Å². The number of benzene rings is 2. The lowest BCUT2D eigenvalue weighted by Crippen LogP contribution is -2.25. The molecule has 0 spiro atoms. The van der Waals surface area contributed by atoms with E-state index in [0.29, 0.717) is 12.0 Å². The van der Waals surface area contributed by atoms with E-state index in [1.165, 1.54) is 16.8 Å². The van der Waals surface area contributed by atoms with E-state index in [-0.39, 0.29) is 6.10 Å². The van der Waals surface area contributed by atoms with Gasteiger partial charge in [0.15, 0.2) is 0 Å². The van der Waals surface area contributed by atoms with Gasteiger partial charge in [0.2, 0.25) is 0 Å². The fourth-order valence-corrected chi connectivity index (χ4v) is 3.10. The summed E-state index contributed by atoms with van der Waals surface area (Å²) in [5, 5.41) is 3.57. The summed E-state index contributed by atoms with van der Waals surface area (Å²) in [6, 6.07) is 17.7. The van der Waals surface area contributed by atoms with Crippen molar-refractivity contribution in [2.75, 3.05) is 5.32 Å². The van der Waals surface area contributed by atoms with Gasteiger partial charge in [0.1, 0.15) is 5.75 Å². The molecule has 0 fully saturated rings. The Morgan fingerprint density at radius 2 is 1.76 bits per heavy atom. The van der Waals surface area contributed by atoms with E-state index in [2.05, 4.69) is 74.6 Å². The van der Waals surface area contributed by atoms with E-state index in [4.69, 9.17) is 4.74 Å². The third-order valence-corrected chi connectivity index (χ3v) is 3.98. The highest BCUT2D eigenvalue weighted by Crippen LogP contribution is 2.38. The Kier molecular flexibility index (Phi) is 3.87. The SMILES string of the molecule is CC1CC(c2ccc(OC(C)C)cc2)c2ccccc2N1. The summed E-state index contributed by atoms with van der Waals surface area (Å²) in [5.41, 5.74) is 4.03. The average molecular weight is 281 g/mol. The van der Waals surface area contributed by atoms with Crippen LogP contribution in [0.15, 0.2) is 48.5 Å². The van der Waals surface area contributed by atoms with E-state index in [1.54, 1.807) is 0 Å². The topological polar surface area (TPSA) is 21.3 Å². The Labute approximate surface area is 127 Å². The van der Waals surface area contributed by atoms with Gasteiger partial charge in [-0.15, -0.1) is 0 Å². The van der Waals surface area contributed by atoms with Gasteiger partial charge in [0.05, 0.1) is 6.10 Å². The molecule has 2 aromatic rings. The van der Waals surface area contributed by atoms with Gasteiger partial charge in [-0.05, 0) is 56.5 Å². The molecule has 2 nitrogen and oxygen atoms in total. The van der Waals surface area contributed by atoms with Gasteiger partial charge in [0.25, 0.3) is 0 Å². The molecule has 0 bridgehead atoms. The molecule has 0 aromatic heterocycles. The highest BCUT2D eigenvalue weighted by Gasteiger charge is 2.25. The monoisotopic (exact) mass is 281 g/mol. The van der Waals surface area contributed by atoms with Crippen molar-refractivity contribution < 1.29 is 4.74 Å². The Hall–Kier alpha value is -1.96. The Morgan fingerprint density at radius 3 is 2.48 bits per heavy atom. The smallest absolute Gasteiger partial charge is 0.119 e. The van der Waals surface area contributed by atoms with Gasteiger partial charge < -0.3 is 10.1 Å². The second kappa shape index (κ2) is 5.80. The minimum atomic E-state index is 0.218. The van der Waals surface area contributed by atoms with Gasteiger partial charge in [-0.2, -0.15) is 0 Å². The molecule has 1 N–H and O–H groups in total. The van der Waals surface area contributed by atoms with Gasteiger partial charge in [-0.1, -0.05) is 30.3 Å². The molecule has 1 aliphatic rings. The number of hydrogen-bond donors (Lipinski definition) is 1. The van der Waals surface area contributed by atoms with Gasteiger partial charge in [-0.25, -0.2) is 0 Å². The lowest BCUT2D eigenvalue weighted by Gasteiger charge is -2.31. The number of rotatable bonds is 3. The third kappa shape index (κ3) is 3.05. The summed E-state index contributed by atoms with van der Waals surface area (Å²) in [6.45, 7) is 6.36. The average Bonchev–Trinajstić information content (AvgIpc) is 2.46. The van der Waals surface area contributed by atoms with Gasteiger partial charge >= 0.3 is 0 Å². The number of anilines is 1. The van der Waals surface area contributed by atoms with Gasteiger partial charge in [0, 0.05) is 17.6 Å². The molecule has 1 heterocycles. The van der Waals surface area contributed by atoms with Crippen LogP contribution in [0.1, 0.15) is 44.2 Å². The van der Waals surface area contributed by atoms with Crippen LogP contribution in [0.4, 0.5) is 5.69 Å². The molecule has 2 aromatic carbocycles. The van der Waals surface area contributed by atoms with Crippen LogP contribution in [0.5, 0.6) is 5.75 Å². The first-order valence-corrected chi connectivity index (χ1v) is 7.75. The molecule has 2 unspecified atom stereocenters. The highest BCUT2D eigenvalue weighted by atomic mass is 16.5. The minimum absolute atomic E-state index is 0.218. The van der Waals surface area contributed by atoms with E-state index in [1.807, 2.05) is 0 Å². The zero-order chi connectivity index (χ0) is 14.8. The predicted octanol–water partition coefficient (Wildman–Crippen LogP) is 4.81.